The van der Waals surface area contributed by atoms with Gasteiger partial charge in [-0.15, -0.1) is 0 Å². The van der Waals surface area contributed by atoms with Crippen molar-refractivity contribution in [2.75, 3.05) is 27.2 Å². The van der Waals surface area contributed by atoms with E-state index in [1.165, 1.54) is 5.56 Å². The molecule has 1 aromatic rings. The Morgan fingerprint density at radius 1 is 1.37 bits per heavy atom. The summed E-state index contributed by atoms with van der Waals surface area (Å²) in [4.78, 5) is 2.37. The summed E-state index contributed by atoms with van der Waals surface area (Å²) in [7, 11) is 4.19. The van der Waals surface area contributed by atoms with Crippen LogP contribution in [-0.2, 0) is 0 Å². The highest BCUT2D eigenvalue weighted by molar-refractivity contribution is 5.30. The Kier molecular flexibility index (Phi) is 5.23. The Morgan fingerprint density at radius 3 is 2.74 bits per heavy atom. The first kappa shape index (κ1) is 14.4. The van der Waals surface area contributed by atoms with Gasteiger partial charge in [-0.2, -0.15) is 0 Å². The van der Waals surface area contributed by atoms with E-state index in [0.717, 1.165) is 38.1 Å². The number of benzene rings is 1. The minimum atomic E-state index is 0.376. The molecule has 1 heterocycles. The highest BCUT2D eigenvalue weighted by Crippen LogP contribution is 2.24. The van der Waals surface area contributed by atoms with Gasteiger partial charge in [0.05, 0.1) is 0 Å². The molecule has 0 bridgehead atoms. The molecule has 0 aromatic heterocycles. The number of ether oxygens (including phenoxy) is 1. The third-order valence-corrected chi connectivity index (χ3v) is 3.99. The van der Waals surface area contributed by atoms with E-state index in [4.69, 9.17) is 4.74 Å². The van der Waals surface area contributed by atoms with Gasteiger partial charge < -0.3 is 15.0 Å². The lowest BCUT2D eigenvalue weighted by atomic mass is 10.0. The first-order valence-electron chi connectivity index (χ1n) is 7.35. The molecule has 19 heavy (non-hydrogen) atoms. The van der Waals surface area contributed by atoms with E-state index >= 15 is 0 Å². The maximum atomic E-state index is 6.13. The molecule has 0 aliphatic carbocycles. The second-order valence-corrected chi connectivity index (χ2v) is 5.44. The molecule has 106 valence electrons. The predicted molar refractivity (Wildman–Crippen MR) is 79.7 cm³/mol. The van der Waals surface area contributed by atoms with Crippen LogP contribution >= 0.6 is 0 Å². The van der Waals surface area contributed by atoms with Gasteiger partial charge in [0, 0.05) is 19.1 Å². The Labute approximate surface area is 116 Å². The summed E-state index contributed by atoms with van der Waals surface area (Å²) in [6.07, 6.45) is 3.73. The molecule has 3 nitrogen and oxygen atoms in total. The number of rotatable bonds is 5. The van der Waals surface area contributed by atoms with E-state index in [2.05, 4.69) is 48.5 Å². The van der Waals surface area contributed by atoms with Crippen molar-refractivity contribution in [2.45, 2.75) is 38.3 Å². The van der Waals surface area contributed by atoms with Crippen molar-refractivity contribution in [3.63, 3.8) is 0 Å². The van der Waals surface area contributed by atoms with Crippen LogP contribution < -0.4 is 10.1 Å². The number of hydrogen-bond donors (Lipinski definition) is 1. The first-order valence-corrected chi connectivity index (χ1v) is 7.35. The molecule has 1 atom stereocenters. The minimum Gasteiger partial charge on any atom is -0.490 e. The third-order valence-electron chi connectivity index (χ3n) is 3.99. The van der Waals surface area contributed by atoms with Gasteiger partial charge in [-0.1, -0.05) is 19.1 Å². The summed E-state index contributed by atoms with van der Waals surface area (Å²) in [5.74, 6) is 1.01. The van der Waals surface area contributed by atoms with Crippen LogP contribution in [0.1, 0.15) is 37.8 Å². The molecule has 0 amide bonds. The summed E-state index contributed by atoms with van der Waals surface area (Å²) < 4.78 is 6.13. The van der Waals surface area contributed by atoms with Gasteiger partial charge in [-0.05, 0) is 51.1 Å². The second-order valence-electron chi connectivity index (χ2n) is 5.44. The molecule has 1 saturated heterocycles. The zero-order valence-corrected chi connectivity index (χ0v) is 12.4. The summed E-state index contributed by atoms with van der Waals surface area (Å²) >= 11 is 0. The molecule has 1 fully saturated rings. The first-order chi connectivity index (χ1) is 9.22. The molecular formula is C16H26N2O. The quantitative estimate of drug-likeness (QED) is 0.883. The van der Waals surface area contributed by atoms with E-state index in [1.54, 1.807) is 0 Å². The lowest BCUT2D eigenvalue weighted by molar-refractivity contribution is 0.114. The number of nitrogens with zero attached hydrogens (tertiary/aromatic N) is 1. The van der Waals surface area contributed by atoms with Gasteiger partial charge in [-0.3, -0.25) is 0 Å². The van der Waals surface area contributed by atoms with Crippen LogP contribution in [0.5, 0.6) is 5.75 Å². The van der Waals surface area contributed by atoms with Crippen LogP contribution in [0.25, 0.3) is 0 Å². The fourth-order valence-corrected chi connectivity index (χ4v) is 2.71. The van der Waals surface area contributed by atoms with Gasteiger partial charge >= 0.3 is 0 Å². The summed E-state index contributed by atoms with van der Waals surface area (Å²) in [5, 5.41) is 3.34. The summed E-state index contributed by atoms with van der Waals surface area (Å²) in [6.45, 7) is 4.47. The number of piperidine rings is 1. The van der Waals surface area contributed by atoms with E-state index in [-0.39, 0.29) is 0 Å². The lowest BCUT2D eigenvalue weighted by Gasteiger charge is -2.29. The molecule has 0 saturated carbocycles. The van der Waals surface area contributed by atoms with Crippen LogP contribution in [0.15, 0.2) is 24.3 Å². The zero-order valence-electron chi connectivity index (χ0n) is 12.4. The second kappa shape index (κ2) is 6.92. The van der Waals surface area contributed by atoms with Gasteiger partial charge in [0.25, 0.3) is 0 Å². The normalized spacial score (nSPS) is 19.3. The fraction of sp³-hybridized carbons (Fsp3) is 0.625. The smallest absolute Gasteiger partial charge is 0.120 e. The summed E-state index contributed by atoms with van der Waals surface area (Å²) in [5.41, 5.74) is 1.32. The van der Waals surface area contributed by atoms with Gasteiger partial charge in [-0.25, -0.2) is 0 Å². The zero-order chi connectivity index (χ0) is 13.7. The molecular weight excluding hydrogens is 236 g/mol. The molecule has 2 rings (SSSR count). The molecule has 1 aliphatic rings. The molecule has 1 N–H and O–H groups in total. The molecule has 0 spiro atoms. The van der Waals surface area contributed by atoms with Crippen molar-refractivity contribution in [1.82, 2.24) is 10.2 Å². The SMILES string of the molecule is CCC(NC)c1cccc(OC2CCN(C)CC2)c1. The number of hydrogen-bond acceptors (Lipinski definition) is 3. The van der Waals surface area contributed by atoms with Crippen LogP contribution in [0, 0.1) is 0 Å². The fourth-order valence-electron chi connectivity index (χ4n) is 2.71. The van der Waals surface area contributed by atoms with Gasteiger partial charge in [0.1, 0.15) is 11.9 Å². The van der Waals surface area contributed by atoms with Gasteiger partial charge in [0.2, 0.25) is 0 Å². The van der Waals surface area contributed by atoms with E-state index in [1.807, 2.05) is 7.05 Å². The molecule has 3 heteroatoms. The van der Waals surface area contributed by atoms with E-state index < -0.39 is 0 Å². The molecule has 0 radical (unpaired) electrons. The van der Waals surface area contributed by atoms with E-state index in [0.29, 0.717) is 12.1 Å². The topological polar surface area (TPSA) is 24.5 Å². The monoisotopic (exact) mass is 262 g/mol. The van der Waals surface area contributed by atoms with E-state index in [9.17, 15) is 0 Å². The Balaban J connectivity index is 1.98. The maximum absolute atomic E-state index is 6.13. The Morgan fingerprint density at radius 2 is 2.11 bits per heavy atom. The standard InChI is InChI=1S/C16H26N2O/c1-4-16(17-2)13-6-5-7-15(12-13)19-14-8-10-18(3)11-9-14/h5-7,12,14,16-17H,4,8-11H2,1-3H3. The van der Waals surface area contributed by atoms with Crippen molar-refractivity contribution in [3.05, 3.63) is 29.8 Å². The van der Waals surface area contributed by atoms with Crippen molar-refractivity contribution in [1.29, 1.82) is 0 Å². The van der Waals surface area contributed by atoms with Crippen molar-refractivity contribution >= 4 is 0 Å². The summed E-state index contributed by atoms with van der Waals surface area (Å²) in [6, 6.07) is 8.94. The van der Waals surface area contributed by atoms with Crippen LogP contribution in [0.3, 0.4) is 0 Å². The largest absolute Gasteiger partial charge is 0.490 e. The number of likely N-dealkylation sites (tertiary alicyclic amines) is 1. The lowest BCUT2D eigenvalue weighted by Crippen LogP contribution is -2.35. The predicted octanol–water partition coefficient (Wildman–Crippen LogP) is 2.83. The maximum Gasteiger partial charge on any atom is 0.120 e. The molecule has 1 aliphatic heterocycles. The van der Waals surface area contributed by atoms with Crippen LogP contribution in [0.2, 0.25) is 0 Å². The van der Waals surface area contributed by atoms with Crippen molar-refractivity contribution in [3.8, 4) is 5.75 Å². The highest BCUT2D eigenvalue weighted by Gasteiger charge is 2.18. The van der Waals surface area contributed by atoms with Crippen molar-refractivity contribution < 1.29 is 4.74 Å². The average Bonchev–Trinajstić information content (AvgIpc) is 2.43. The Bertz CT molecular complexity index is 382. The molecule has 1 unspecified atom stereocenters. The van der Waals surface area contributed by atoms with Gasteiger partial charge in [0.15, 0.2) is 0 Å². The third kappa shape index (κ3) is 3.95. The average molecular weight is 262 g/mol. The minimum absolute atomic E-state index is 0.376. The van der Waals surface area contributed by atoms with Crippen molar-refractivity contribution in [2.24, 2.45) is 0 Å². The van der Waals surface area contributed by atoms with Crippen LogP contribution in [-0.4, -0.2) is 38.2 Å². The highest BCUT2D eigenvalue weighted by atomic mass is 16.5. The van der Waals surface area contributed by atoms with Crippen LogP contribution in [0.4, 0.5) is 0 Å². The number of nitrogens with one attached hydrogen (secondary N) is 1. The molecule has 1 aromatic carbocycles. The Hall–Kier alpha value is -1.06.